The molecule has 4 heteroatoms. The zero-order chi connectivity index (χ0) is 12.1. The monoisotopic (exact) mass is 247 g/mol. The second kappa shape index (κ2) is 5.66. The van der Waals surface area contributed by atoms with Gasteiger partial charge in [-0.05, 0) is 17.7 Å². The van der Waals surface area contributed by atoms with Crippen molar-refractivity contribution in [1.82, 2.24) is 4.98 Å². The SMILES string of the molecule is NC(CNc1ccc(Cl)cn1)c1ccccc1. The number of nitrogens with zero attached hydrogens (tertiary/aromatic N) is 1. The number of nitrogens with two attached hydrogens (primary N) is 1. The number of pyridine rings is 1. The van der Waals surface area contributed by atoms with Gasteiger partial charge in [-0.25, -0.2) is 4.98 Å². The average molecular weight is 248 g/mol. The van der Waals surface area contributed by atoms with Crippen molar-refractivity contribution in [1.29, 1.82) is 0 Å². The Morgan fingerprint density at radius 1 is 1.18 bits per heavy atom. The molecular formula is C13H14ClN3. The Bertz CT molecular complexity index is 456. The molecule has 3 nitrogen and oxygen atoms in total. The van der Waals surface area contributed by atoms with Crippen molar-refractivity contribution in [3.63, 3.8) is 0 Å². The summed E-state index contributed by atoms with van der Waals surface area (Å²) in [5, 5.41) is 3.80. The fourth-order valence-corrected chi connectivity index (χ4v) is 1.62. The van der Waals surface area contributed by atoms with Crippen LogP contribution in [0.1, 0.15) is 11.6 Å². The molecule has 1 unspecified atom stereocenters. The van der Waals surface area contributed by atoms with E-state index in [1.54, 1.807) is 12.3 Å². The summed E-state index contributed by atoms with van der Waals surface area (Å²) < 4.78 is 0. The van der Waals surface area contributed by atoms with E-state index < -0.39 is 0 Å². The van der Waals surface area contributed by atoms with E-state index in [0.717, 1.165) is 11.4 Å². The molecule has 0 aliphatic carbocycles. The highest BCUT2D eigenvalue weighted by Gasteiger charge is 2.04. The van der Waals surface area contributed by atoms with Gasteiger partial charge in [0.05, 0.1) is 5.02 Å². The molecule has 88 valence electrons. The standard InChI is InChI=1S/C13H14ClN3/c14-11-6-7-13(16-8-11)17-9-12(15)10-4-2-1-3-5-10/h1-8,12H,9,15H2,(H,16,17). The van der Waals surface area contributed by atoms with Crippen molar-refractivity contribution in [2.45, 2.75) is 6.04 Å². The Hall–Kier alpha value is -1.58. The van der Waals surface area contributed by atoms with Crippen LogP contribution in [0.25, 0.3) is 0 Å². The molecule has 2 aromatic rings. The second-order valence-corrected chi connectivity index (χ2v) is 4.20. The predicted octanol–water partition coefficient (Wildman–Crippen LogP) is 2.85. The van der Waals surface area contributed by atoms with E-state index in [1.807, 2.05) is 36.4 Å². The molecule has 0 saturated carbocycles. The van der Waals surface area contributed by atoms with Crippen molar-refractivity contribution in [2.24, 2.45) is 5.73 Å². The van der Waals surface area contributed by atoms with Crippen LogP contribution in [0.2, 0.25) is 5.02 Å². The molecule has 0 aliphatic rings. The van der Waals surface area contributed by atoms with Crippen molar-refractivity contribution in [2.75, 3.05) is 11.9 Å². The third kappa shape index (κ3) is 3.44. The summed E-state index contributed by atoms with van der Waals surface area (Å²) in [6.45, 7) is 0.638. The molecule has 1 aromatic carbocycles. The van der Waals surface area contributed by atoms with Crippen molar-refractivity contribution < 1.29 is 0 Å². The van der Waals surface area contributed by atoms with E-state index in [1.165, 1.54) is 0 Å². The van der Waals surface area contributed by atoms with Crippen LogP contribution in [-0.4, -0.2) is 11.5 Å². The Kier molecular flexibility index (Phi) is 3.96. The van der Waals surface area contributed by atoms with Gasteiger partial charge >= 0.3 is 0 Å². The maximum Gasteiger partial charge on any atom is 0.126 e. The highest BCUT2D eigenvalue weighted by molar-refractivity contribution is 6.30. The van der Waals surface area contributed by atoms with Gasteiger partial charge in [-0.3, -0.25) is 0 Å². The summed E-state index contributed by atoms with van der Waals surface area (Å²) in [5.74, 6) is 0.779. The van der Waals surface area contributed by atoms with Crippen LogP contribution in [0.5, 0.6) is 0 Å². The van der Waals surface area contributed by atoms with Gasteiger partial charge in [-0.15, -0.1) is 0 Å². The maximum absolute atomic E-state index is 6.06. The summed E-state index contributed by atoms with van der Waals surface area (Å²) in [7, 11) is 0. The van der Waals surface area contributed by atoms with E-state index in [4.69, 9.17) is 17.3 Å². The molecule has 3 N–H and O–H groups in total. The first-order chi connectivity index (χ1) is 8.25. The lowest BCUT2D eigenvalue weighted by atomic mass is 10.1. The van der Waals surface area contributed by atoms with Crippen LogP contribution < -0.4 is 11.1 Å². The fourth-order valence-electron chi connectivity index (χ4n) is 1.51. The summed E-state index contributed by atoms with van der Waals surface area (Å²) in [5.41, 5.74) is 7.16. The molecule has 0 spiro atoms. The lowest BCUT2D eigenvalue weighted by Gasteiger charge is -2.13. The van der Waals surface area contributed by atoms with Crippen LogP contribution in [0.15, 0.2) is 48.7 Å². The Morgan fingerprint density at radius 3 is 2.59 bits per heavy atom. The van der Waals surface area contributed by atoms with Crippen LogP contribution in [0, 0.1) is 0 Å². The number of halogens is 1. The highest BCUT2D eigenvalue weighted by atomic mass is 35.5. The molecule has 1 aromatic heterocycles. The van der Waals surface area contributed by atoms with Crippen LogP contribution in [0.3, 0.4) is 0 Å². The fraction of sp³-hybridized carbons (Fsp3) is 0.154. The van der Waals surface area contributed by atoms with Gasteiger partial charge in [0.1, 0.15) is 5.82 Å². The quantitative estimate of drug-likeness (QED) is 0.874. The van der Waals surface area contributed by atoms with Crippen molar-refractivity contribution in [3.8, 4) is 0 Å². The molecule has 0 amide bonds. The number of hydrogen-bond acceptors (Lipinski definition) is 3. The first-order valence-electron chi connectivity index (χ1n) is 5.41. The smallest absolute Gasteiger partial charge is 0.126 e. The summed E-state index contributed by atoms with van der Waals surface area (Å²) in [6, 6.07) is 13.6. The summed E-state index contributed by atoms with van der Waals surface area (Å²) in [4.78, 5) is 4.15. The van der Waals surface area contributed by atoms with Gasteiger partial charge in [0.2, 0.25) is 0 Å². The van der Waals surface area contributed by atoms with E-state index in [0.29, 0.717) is 11.6 Å². The van der Waals surface area contributed by atoms with Crippen molar-refractivity contribution >= 4 is 17.4 Å². The number of hydrogen-bond donors (Lipinski definition) is 2. The van der Waals surface area contributed by atoms with E-state index in [-0.39, 0.29) is 6.04 Å². The predicted molar refractivity (Wildman–Crippen MR) is 71.1 cm³/mol. The van der Waals surface area contributed by atoms with Gasteiger partial charge in [0.25, 0.3) is 0 Å². The lowest BCUT2D eigenvalue weighted by Crippen LogP contribution is -2.20. The van der Waals surface area contributed by atoms with E-state index in [2.05, 4.69) is 10.3 Å². The zero-order valence-electron chi connectivity index (χ0n) is 9.31. The second-order valence-electron chi connectivity index (χ2n) is 3.76. The summed E-state index contributed by atoms with van der Waals surface area (Å²) >= 11 is 5.76. The van der Waals surface area contributed by atoms with Crippen molar-refractivity contribution in [3.05, 3.63) is 59.2 Å². The lowest BCUT2D eigenvalue weighted by molar-refractivity contribution is 0.762. The van der Waals surface area contributed by atoms with E-state index in [9.17, 15) is 0 Å². The normalized spacial score (nSPS) is 12.1. The number of nitrogens with one attached hydrogen (secondary N) is 1. The van der Waals surface area contributed by atoms with Crippen LogP contribution >= 0.6 is 11.6 Å². The van der Waals surface area contributed by atoms with Gasteiger partial charge in [0, 0.05) is 18.8 Å². The molecule has 0 aliphatic heterocycles. The highest BCUT2D eigenvalue weighted by Crippen LogP contribution is 2.12. The van der Waals surface area contributed by atoms with Gasteiger partial charge in [-0.2, -0.15) is 0 Å². The molecule has 1 heterocycles. The molecule has 0 bridgehead atoms. The molecule has 2 rings (SSSR count). The van der Waals surface area contributed by atoms with Gasteiger partial charge < -0.3 is 11.1 Å². The zero-order valence-corrected chi connectivity index (χ0v) is 10.1. The molecule has 0 fully saturated rings. The molecule has 17 heavy (non-hydrogen) atoms. The number of aromatic nitrogens is 1. The minimum atomic E-state index is -0.0475. The molecule has 0 saturated heterocycles. The first kappa shape index (κ1) is 11.9. The molecular weight excluding hydrogens is 234 g/mol. The van der Waals surface area contributed by atoms with E-state index >= 15 is 0 Å². The largest absolute Gasteiger partial charge is 0.368 e. The average Bonchev–Trinajstić information content (AvgIpc) is 2.39. The molecule has 0 radical (unpaired) electrons. The summed E-state index contributed by atoms with van der Waals surface area (Å²) in [6.07, 6.45) is 1.61. The number of anilines is 1. The third-order valence-electron chi connectivity index (χ3n) is 2.46. The third-order valence-corrected chi connectivity index (χ3v) is 2.68. The van der Waals surface area contributed by atoms with Crippen LogP contribution in [-0.2, 0) is 0 Å². The minimum absolute atomic E-state index is 0.0475. The maximum atomic E-state index is 6.06. The Labute approximate surface area is 106 Å². The number of rotatable bonds is 4. The Morgan fingerprint density at radius 2 is 1.94 bits per heavy atom. The minimum Gasteiger partial charge on any atom is -0.368 e. The Balaban J connectivity index is 1.92. The van der Waals surface area contributed by atoms with Crippen LogP contribution in [0.4, 0.5) is 5.82 Å². The van der Waals surface area contributed by atoms with Gasteiger partial charge in [0.15, 0.2) is 0 Å². The number of benzene rings is 1. The van der Waals surface area contributed by atoms with Gasteiger partial charge in [-0.1, -0.05) is 41.9 Å². The first-order valence-corrected chi connectivity index (χ1v) is 5.79. The topological polar surface area (TPSA) is 50.9 Å². The molecule has 1 atom stereocenters.